The first-order valence-electron chi connectivity index (χ1n) is 5.79. The Bertz CT molecular complexity index is 256. The molecular weight excluding hydrogens is 240 g/mol. The summed E-state index contributed by atoms with van der Waals surface area (Å²) >= 11 is 0. The number of carboxylic acids is 1. The zero-order valence-corrected chi connectivity index (χ0v) is 10.3. The second-order valence-electron chi connectivity index (χ2n) is 3.82. The third-order valence-corrected chi connectivity index (χ3v) is 2.47. The summed E-state index contributed by atoms with van der Waals surface area (Å²) in [6.45, 7) is 0.519. The van der Waals surface area contributed by atoms with Crippen LogP contribution in [0.4, 0.5) is 0 Å². The largest absolute Gasteiger partial charge is 0.480 e. The van der Waals surface area contributed by atoms with Crippen LogP contribution < -0.4 is 11.1 Å². The third-order valence-electron chi connectivity index (χ3n) is 2.47. The molecule has 0 aromatic heterocycles. The number of hydrogen-bond donors (Lipinski definition) is 6. The highest BCUT2D eigenvalue weighted by atomic mass is 16.4. The summed E-state index contributed by atoms with van der Waals surface area (Å²) in [7, 11) is 0. The van der Waals surface area contributed by atoms with Gasteiger partial charge in [0.2, 0.25) is 0 Å². The molecule has 1 atom stereocenters. The zero-order valence-electron chi connectivity index (χ0n) is 10.3. The number of nitrogens with zero attached hydrogens (tertiary/aromatic N) is 1. The Morgan fingerprint density at radius 2 is 1.89 bits per heavy atom. The summed E-state index contributed by atoms with van der Waals surface area (Å²) in [4.78, 5) is 12.7. The van der Waals surface area contributed by atoms with Gasteiger partial charge >= 0.3 is 5.97 Å². The van der Waals surface area contributed by atoms with Gasteiger partial charge in [0, 0.05) is 19.6 Å². The van der Waals surface area contributed by atoms with Crippen molar-refractivity contribution in [2.24, 2.45) is 5.73 Å². The lowest BCUT2D eigenvalue weighted by molar-refractivity contribution is -0.144. The fourth-order valence-corrected chi connectivity index (χ4v) is 1.66. The highest BCUT2D eigenvalue weighted by Gasteiger charge is 2.24. The van der Waals surface area contributed by atoms with Crippen molar-refractivity contribution in [3.8, 4) is 0 Å². The summed E-state index contributed by atoms with van der Waals surface area (Å²) < 4.78 is 0. The summed E-state index contributed by atoms with van der Waals surface area (Å²) in [5.74, 6) is -1.14. The standard InChI is InChI=1S/C10H22N4O4/c11-10(12)13-3-1-2-8(9(17)18)14(4-6-15)5-7-16/h8,15-16H,1-7H2,(H,17,18)(H4,11,12,13)/t8-/m0/s1. The maximum atomic E-state index is 11.1. The molecule has 0 saturated heterocycles. The van der Waals surface area contributed by atoms with Crippen molar-refractivity contribution >= 4 is 11.9 Å². The summed E-state index contributed by atoms with van der Waals surface area (Å²) in [6, 6.07) is -0.752. The number of guanidine groups is 1. The minimum atomic E-state index is -0.986. The van der Waals surface area contributed by atoms with E-state index in [2.05, 4.69) is 5.32 Å². The minimum Gasteiger partial charge on any atom is -0.480 e. The van der Waals surface area contributed by atoms with Crippen LogP contribution in [0.3, 0.4) is 0 Å². The number of hydrogen-bond acceptors (Lipinski definition) is 5. The predicted octanol–water partition coefficient (Wildman–Crippen LogP) is -2.01. The highest BCUT2D eigenvalue weighted by Crippen LogP contribution is 2.07. The maximum Gasteiger partial charge on any atom is 0.320 e. The second-order valence-corrected chi connectivity index (χ2v) is 3.82. The van der Waals surface area contributed by atoms with Crippen LogP contribution >= 0.6 is 0 Å². The van der Waals surface area contributed by atoms with Gasteiger partial charge in [-0.2, -0.15) is 0 Å². The maximum absolute atomic E-state index is 11.1. The molecule has 0 aliphatic rings. The fraction of sp³-hybridized carbons (Fsp3) is 0.800. The Kier molecular flexibility index (Phi) is 8.89. The molecule has 0 amide bonds. The van der Waals surface area contributed by atoms with E-state index in [1.807, 2.05) is 0 Å². The number of nitrogens with one attached hydrogen (secondary N) is 2. The van der Waals surface area contributed by atoms with Gasteiger partial charge in [-0.15, -0.1) is 0 Å². The molecule has 8 nitrogen and oxygen atoms in total. The molecule has 0 bridgehead atoms. The van der Waals surface area contributed by atoms with Gasteiger partial charge in [-0.1, -0.05) is 0 Å². The molecule has 0 aliphatic heterocycles. The Morgan fingerprint density at radius 1 is 1.33 bits per heavy atom. The molecule has 0 aromatic carbocycles. The van der Waals surface area contributed by atoms with Crippen molar-refractivity contribution < 1.29 is 20.1 Å². The van der Waals surface area contributed by atoms with Crippen LogP contribution in [0.25, 0.3) is 0 Å². The number of aliphatic carboxylic acids is 1. The lowest BCUT2D eigenvalue weighted by atomic mass is 10.1. The van der Waals surface area contributed by atoms with Crippen LogP contribution in [0.1, 0.15) is 12.8 Å². The van der Waals surface area contributed by atoms with Gasteiger partial charge in [0.1, 0.15) is 6.04 Å². The van der Waals surface area contributed by atoms with Crippen LogP contribution in [0.2, 0.25) is 0 Å². The van der Waals surface area contributed by atoms with Crippen LogP contribution in [0, 0.1) is 5.41 Å². The molecule has 0 heterocycles. The molecule has 0 spiro atoms. The number of rotatable bonds is 10. The number of nitrogens with two attached hydrogens (primary N) is 1. The first-order chi connectivity index (χ1) is 8.52. The molecule has 7 N–H and O–H groups in total. The molecule has 106 valence electrons. The van der Waals surface area contributed by atoms with Crippen LogP contribution in [0.15, 0.2) is 0 Å². The van der Waals surface area contributed by atoms with Gasteiger partial charge in [0.05, 0.1) is 13.2 Å². The first-order valence-corrected chi connectivity index (χ1v) is 5.79. The topological polar surface area (TPSA) is 143 Å². The van der Waals surface area contributed by atoms with Crippen molar-refractivity contribution in [2.75, 3.05) is 32.8 Å². The van der Waals surface area contributed by atoms with E-state index >= 15 is 0 Å². The van der Waals surface area contributed by atoms with Crippen LogP contribution in [-0.4, -0.2) is 71.0 Å². The van der Waals surface area contributed by atoms with E-state index < -0.39 is 12.0 Å². The van der Waals surface area contributed by atoms with Crippen molar-refractivity contribution in [2.45, 2.75) is 18.9 Å². The molecule has 0 aliphatic carbocycles. The average molecular weight is 262 g/mol. The van der Waals surface area contributed by atoms with E-state index in [1.54, 1.807) is 0 Å². The molecule has 8 heteroatoms. The van der Waals surface area contributed by atoms with Gasteiger partial charge in [0.25, 0.3) is 0 Å². The van der Waals surface area contributed by atoms with Gasteiger partial charge in [-0.3, -0.25) is 15.1 Å². The third kappa shape index (κ3) is 7.05. The summed E-state index contributed by atoms with van der Waals surface area (Å²) in [5, 5.41) is 36.4. The molecular formula is C10H22N4O4. The lowest BCUT2D eigenvalue weighted by Crippen LogP contribution is -2.44. The van der Waals surface area contributed by atoms with Gasteiger partial charge < -0.3 is 26.4 Å². The van der Waals surface area contributed by atoms with E-state index in [9.17, 15) is 4.79 Å². The Labute approximate surface area is 106 Å². The van der Waals surface area contributed by atoms with Gasteiger partial charge in [-0.05, 0) is 12.8 Å². The van der Waals surface area contributed by atoms with Gasteiger partial charge in [0.15, 0.2) is 5.96 Å². The molecule has 0 unspecified atom stereocenters. The number of carboxylic acid groups (broad SMARTS) is 1. The number of aliphatic hydroxyl groups excluding tert-OH is 2. The quantitative estimate of drug-likeness (QED) is 0.152. The van der Waals surface area contributed by atoms with Crippen LogP contribution in [0.5, 0.6) is 0 Å². The summed E-state index contributed by atoms with van der Waals surface area (Å²) in [5.41, 5.74) is 5.10. The lowest BCUT2D eigenvalue weighted by Gasteiger charge is -2.27. The van der Waals surface area contributed by atoms with Crippen molar-refractivity contribution in [3.05, 3.63) is 0 Å². The summed E-state index contributed by atoms with van der Waals surface area (Å²) in [6.07, 6.45) is 0.888. The number of aliphatic hydroxyl groups is 2. The van der Waals surface area contributed by atoms with E-state index in [1.165, 1.54) is 4.90 Å². The van der Waals surface area contributed by atoms with Crippen molar-refractivity contribution in [3.63, 3.8) is 0 Å². The fourth-order valence-electron chi connectivity index (χ4n) is 1.66. The van der Waals surface area contributed by atoms with Gasteiger partial charge in [-0.25, -0.2) is 0 Å². The SMILES string of the molecule is N=C(N)NCCC[C@@H](C(=O)O)N(CCO)CCO. The van der Waals surface area contributed by atoms with E-state index in [-0.39, 0.29) is 32.3 Å². The van der Waals surface area contributed by atoms with Crippen molar-refractivity contribution in [1.82, 2.24) is 10.2 Å². The minimum absolute atomic E-state index is 0.149. The smallest absolute Gasteiger partial charge is 0.320 e. The van der Waals surface area contributed by atoms with E-state index in [0.717, 1.165) is 0 Å². The van der Waals surface area contributed by atoms with Crippen molar-refractivity contribution in [1.29, 1.82) is 5.41 Å². The van der Waals surface area contributed by atoms with E-state index in [0.29, 0.717) is 19.4 Å². The molecule has 18 heavy (non-hydrogen) atoms. The zero-order chi connectivity index (χ0) is 14.0. The Hall–Kier alpha value is -1.38. The molecule has 0 radical (unpaired) electrons. The average Bonchev–Trinajstić information content (AvgIpc) is 2.28. The number of carbonyl (C=O) groups is 1. The molecule has 0 fully saturated rings. The monoisotopic (exact) mass is 262 g/mol. The normalized spacial score (nSPS) is 12.4. The predicted molar refractivity (Wildman–Crippen MR) is 66.3 cm³/mol. The highest BCUT2D eigenvalue weighted by molar-refractivity contribution is 5.74. The van der Waals surface area contributed by atoms with Crippen LogP contribution in [-0.2, 0) is 4.79 Å². The molecule has 0 saturated carbocycles. The second kappa shape index (κ2) is 9.63. The molecule has 0 aromatic rings. The Balaban J connectivity index is 4.24. The molecule has 0 rings (SSSR count). The Morgan fingerprint density at radius 3 is 2.28 bits per heavy atom. The first kappa shape index (κ1) is 16.6. The van der Waals surface area contributed by atoms with E-state index in [4.69, 9.17) is 26.5 Å².